The molecular weight excluding hydrogens is 311 g/mol. The van der Waals surface area contributed by atoms with Gasteiger partial charge in [-0.05, 0) is 36.8 Å². The molecule has 0 saturated carbocycles. The number of aryl methyl sites for hydroxylation is 1. The predicted molar refractivity (Wildman–Crippen MR) is 95.2 cm³/mol. The Morgan fingerprint density at radius 2 is 1.87 bits per heavy atom. The molecule has 5 nitrogen and oxygen atoms in total. The first-order chi connectivity index (χ1) is 10.6. The maximum absolute atomic E-state index is 10.3. The third kappa shape index (κ3) is 7.05. The van der Waals surface area contributed by atoms with Gasteiger partial charge >= 0.3 is 7.12 Å². The number of aliphatic hydroxyl groups excluding tert-OH is 1. The second-order valence-electron chi connectivity index (χ2n) is 7.19. The fourth-order valence-corrected chi connectivity index (χ4v) is 3.01. The van der Waals surface area contributed by atoms with Gasteiger partial charge in [0.05, 0.1) is 0 Å². The van der Waals surface area contributed by atoms with Crippen molar-refractivity contribution >= 4 is 15.2 Å². The van der Waals surface area contributed by atoms with Crippen LogP contribution in [0.15, 0.2) is 12.1 Å². The van der Waals surface area contributed by atoms with E-state index in [1.807, 2.05) is 0 Å². The molecule has 1 rings (SSSR count). The molecule has 0 aliphatic carbocycles. The Hall–Kier alpha value is -0.858. The summed E-state index contributed by atoms with van der Waals surface area (Å²) in [6.07, 6.45) is 0.351. The smallest absolute Gasteiger partial charge is 0.451 e. The minimum Gasteiger partial charge on any atom is -0.507 e. The molecule has 7 heteroatoms. The molecule has 1 unspecified atom stereocenters. The van der Waals surface area contributed by atoms with Crippen molar-refractivity contribution in [3.05, 3.63) is 28.8 Å². The molecule has 0 aromatic heterocycles. The average molecular weight is 340 g/mol. The van der Waals surface area contributed by atoms with E-state index >= 15 is 0 Å². The number of benzene rings is 1. The van der Waals surface area contributed by atoms with Gasteiger partial charge in [0.1, 0.15) is 5.75 Å². The zero-order valence-corrected chi connectivity index (χ0v) is 15.5. The fourth-order valence-electron chi connectivity index (χ4n) is 2.28. The number of hydrogen-bond acceptors (Lipinski definition) is 5. The molecule has 130 valence electrons. The van der Waals surface area contributed by atoms with Gasteiger partial charge in [-0.1, -0.05) is 38.2 Å². The molecule has 1 aromatic rings. The molecule has 0 fully saturated rings. The van der Waals surface area contributed by atoms with Crippen LogP contribution in [0.2, 0.25) is 32.0 Å². The second-order valence-corrected chi connectivity index (χ2v) is 12.8. The summed E-state index contributed by atoms with van der Waals surface area (Å²) in [5.41, 5.74) is 1.91. The molecule has 23 heavy (non-hydrogen) atoms. The van der Waals surface area contributed by atoms with Crippen LogP contribution in [0.1, 0.15) is 29.4 Å². The Balaban J connectivity index is 2.68. The van der Waals surface area contributed by atoms with Gasteiger partial charge in [-0.2, -0.15) is 0 Å². The average Bonchev–Trinajstić information content (AvgIpc) is 2.41. The first kappa shape index (κ1) is 20.2. The van der Waals surface area contributed by atoms with Crippen LogP contribution in [-0.4, -0.2) is 42.1 Å². The molecule has 0 bridgehead atoms. The summed E-state index contributed by atoms with van der Waals surface area (Å²) in [6, 6.07) is 4.49. The topological polar surface area (TPSA) is 90.2 Å². The van der Waals surface area contributed by atoms with Crippen LogP contribution in [0, 0.1) is 6.92 Å². The van der Waals surface area contributed by atoms with Crippen molar-refractivity contribution in [1.82, 2.24) is 0 Å². The first-order valence-electron chi connectivity index (χ1n) is 8.09. The fraction of sp³-hybridized carbons (Fsp3) is 0.625. The summed E-state index contributed by atoms with van der Waals surface area (Å²) in [7, 11) is -2.53. The van der Waals surface area contributed by atoms with Gasteiger partial charge in [0.25, 0.3) is 0 Å². The van der Waals surface area contributed by atoms with Gasteiger partial charge in [0.15, 0.2) is 6.29 Å². The highest BCUT2D eigenvalue weighted by Gasteiger charge is 2.18. The lowest BCUT2D eigenvalue weighted by Gasteiger charge is -2.20. The number of aliphatic hydroxyl groups is 1. The summed E-state index contributed by atoms with van der Waals surface area (Å²) >= 11 is 0. The monoisotopic (exact) mass is 340 g/mol. The van der Waals surface area contributed by atoms with Gasteiger partial charge in [-0.3, -0.25) is 0 Å². The number of phenolic OH excluding ortho intramolecular Hbond substituents is 1. The van der Waals surface area contributed by atoms with Crippen molar-refractivity contribution in [1.29, 1.82) is 0 Å². The number of phenols is 1. The summed E-state index contributed by atoms with van der Waals surface area (Å²) in [4.78, 5) is 0. The lowest BCUT2D eigenvalue weighted by Crippen LogP contribution is -2.22. The van der Waals surface area contributed by atoms with Crippen molar-refractivity contribution in [3.63, 3.8) is 0 Å². The Bertz CT molecular complexity index is 502. The van der Waals surface area contributed by atoms with Gasteiger partial charge in [-0.15, -0.1) is 0 Å². The van der Waals surface area contributed by atoms with Gasteiger partial charge < -0.3 is 25.0 Å². The molecule has 0 aliphatic rings. The maximum Gasteiger partial charge on any atom is 0.451 e. The van der Waals surface area contributed by atoms with Crippen LogP contribution in [-0.2, 0) is 11.2 Å². The van der Waals surface area contributed by atoms with Crippen molar-refractivity contribution < 1.29 is 25.0 Å². The quantitative estimate of drug-likeness (QED) is 0.410. The van der Waals surface area contributed by atoms with Crippen molar-refractivity contribution in [2.75, 3.05) is 6.61 Å². The van der Waals surface area contributed by atoms with E-state index in [-0.39, 0.29) is 12.1 Å². The molecule has 1 aromatic carbocycles. The van der Waals surface area contributed by atoms with Crippen LogP contribution in [0.25, 0.3) is 0 Å². The summed E-state index contributed by atoms with van der Waals surface area (Å²) in [5.74, 6) is 0.141. The summed E-state index contributed by atoms with van der Waals surface area (Å²) in [6.45, 7) is 9.00. The van der Waals surface area contributed by atoms with E-state index in [1.165, 1.54) is 0 Å². The standard InChI is InChI=1S/C16H29BO5Si/c1-12-14(16(19)22-10-11-23(2,3)4)8-7-13(15(12)18)6-5-9-17(20)21/h7-8,16,18-21H,5-6,9-11H2,1-4H3. The van der Waals surface area contributed by atoms with Gasteiger partial charge in [0, 0.05) is 20.2 Å². The predicted octanol–water partition coefficient (Wildman–Crippen LogP) is 2.45. The van der Waals surface area contributed by atoms with Gasteiger partial charge in [0.2, 0.25) is 0 Å². The summed E-state index contributed by atoms with van der Waals surface area (Å²) < 4.78 is 5.51. The highest BCUT2D eigenvalue weighted by molar-refractivity contribution is 6.76. The van der Waals surface area contributed by atoms with Crippen molar-refractivity contribution in [2.45, 2.75) is 58.1 Å². The Labute approximate surface area is 140 Å². The van der Waals surface area contributed by atoms with Gasteiger partial charge in [-0.25, -0.2) is 0 Å². The van der Waals surface area contributed by atoms with Crippen LogP contribution < -0.4 is 0 Å². The number of rotatable bonds is 9. The Morgan fingerprint density at radius 1 is 1.22 bits per heavy atom. The van der Waals surface area contributed by atoms with Crippen LogP contribution in [0.4, 0.5) is 0 Å². The highest BCUT2D eigenvalue weighted by atomic mass is 28.3. The van der Waals surface area contributed by atoms with Crippen LogP contribution >= 0.6 is 0 Å². The van der Waals surface area contributed by atoms with Crippen molar-refractivity contribution in [3.8, 4) is 5.75 Å². The number of hydrogen-bond donors (Lipinski definition) is 4. The lowest BCUT2D eigenvalue weighted by atomic mass is 9.83. The molecule has 1 atom stereocenters. The Morgan fingerprint density at radius 3 is 2.43 bits per heavy atom. The normalized spacial score (nSPS) is 13.2. The van der Waals surface area contributed by atoms with Crippen LogP contribution in [0.5, 0.6) is 5.75 Å². The Kier molecular flexibility index (Phi) is 7.76. The number of ether oxygens (including phenoxy) is 1. The summed E-state index contributed by atoms with van der Waals surface area (Å²) in [5, 5.41) is 38.2. The van der Waals surface area contributed by atoms with E-state index in [9.17, 15) is 10.2 Å². The van der Waals surface area contributed by atoms with E-state index < -0.39 is 21.5 Å². The first-order valence-corrected chi connectivity index (χ1v) is 11.8. The molecule has 0 radical (unpaired) electrons. The highest BCUT2D eigenvalue weighted by Crippen LogP contribution is 2.31. The SMILES string of the molecule is Cc1c(C(O)OCC[Si](C)(C)C)ccc(CCCB(O)O)c1O. The van der Waals surface area contributed by atoms with E-state index in [1.54, 1.807) is 19.1 Å². The molecule has 0 heterocycles. The molecule has 0 spiro atoms. The molecule has 0 aliphatic heterocycles. The van der Waals surface area contributed by atoms with Crippen LogP contribution in [0.3, 0.4) is 0 Å². The van der Waals surface area contributed by atoms with E-state index in [2.05, 4.69) is 19.6 Å². The molecule has 0 saturated heterocycles. The van der Waals surface area contributed by atoms with E-state index in [4.69, 9.17) is 14.8 Å². The minimum atomic E-state index is -1.32. The third-order valence-corrected chi connectivity index (χ3v) is 5.56. The molecular formula is C16H29BO5Si. The second kappa shape index (κ2) is 8.84. The third-order valence-electron chi connectivity index (χ3n) is 3.86. The zero-order valence-electron chi connectivity index (χ0n) is 14.5. The van der Waals surface area contributed by atoms with Crippen molar-refractivity contribution in [2.24, 2.45) is 0 Å². The van der Waals surface area contributed by atoms with E-state index in [0.717, 1.165) is 11.6 Å². The largest absolute Gasteiger partial charge is 0.507 e. The maximum atomic E-state index is 10.3. The lowest BCUT2D eigenvalue weighted by molar-refractivity contribution is -0.0986. The van der Waals surface area contributed by atoms with E-state index in [0.29, 0.717) is 30.6 Å². The molecule has 0 amide bonds. The minimum absolute atomic E-state index is 0.141. The zero-order chi connectivity index (χ0) is 17.6. The molecule has 4 N–H and O–H groups in total. The number of aromatic hydroxyl groups is 1.